The predicted octanol–water partition coefficient (Wildman–Crippen LogP) is 1.01. The Kier molecular flexibility index (Phi) is 7.25. The van der Waals surface area contributed by atoms with Gasteiger partial charge in [0, 0.05) is 44.9 Å². The lowest BCUT2D eigenvalue weighted by molar-refractivity contribution is -0.138. The Labute approximate surface area is 163 Å². The van der Waals surface area contributed by atoms with Crippen LogP contribution in [-0.2, 0) is 23.9 Å². The molecule has 0 spiro atoms. The van der Waals surface area contributed by atoms with E-state index in [-0.39, 0.29) is 11.6 Å². The van der Waals surface area contributed by atoms with Crippen LogP contribution in [0.2, 0.25) is 0 Å². The predicted molar refractivity (Wildman–Crippen MR) is 103 cm³/mol. The van der Waals surface area contributed by atoms with Crippen molar-refractivity contribution >= 4 is 29.2 Å². The number of methoxy groups -OCH3 is 3. The molecule has 0 saturated carbocycles. The number of hydrogen-bond donors (Lipinski definition) is 1. The summed E-state index contributed by atoms with van der Waals surface area (Å²) in [6.45, 7) is 4.31. The van der Waals surface area contributed by atoms with Gasteiger partial charge >= 0.3 is 11.9 Å². The van der Waals surface area contributed by atoms with Gasteiger partial charge in [-0.2, -0.15) is 0 Å². The smallest absolute Gasteiger partial charge is 0.354 e. The number of esters is 2. The summed E-state index contributed by atoms with van der Waals surface area (Å²) in [5.74, 6) is -0.834. The maximum Gasteiger partial charge on any atom is 0.354 e. The van der Waals surface area contributed by atoms with Crippen LogP contribution in [0.25, 0.3) is 0 Å². The Morgan fingerprint density at radius 3 is 2.25 bits per heavy atom. The van der Waals surface area contributed by atoms with Crippen molar-refractivity contribution in [2.45, 2.75) is 6.92 Å². The van der Waals surface area contributed by atoms with Crippen molar-refractivity contribution in [3.63, 3.8) is 0 Å². The molecule has 152 valence electrons. The molecular formula is C19H25N3O6. The number of carbonyl (C=O) groups excluding carboxylic acids is 3. The molecule has 1 aromatic rings. The number of ether oxygens (including phenoxy) is 3. The van der Waals surface area contributed by atoms with Gasteiger partial charge in [0.15, 0.2) is 0 Å². The minimum absolute atomic E-state index is 0.0736. The Balaban J connectivity index is 2.20. The fourth-order valence-electron chi connectivity index (χ4n) is 2.84. The van der Waals surface area contributed by atoms with E-state index < -0.39 is 11.9 Å². The van der Waals surface area contributed by atoms with Crippen LogP contribution in [0.4, 0.5) is 11.4 Å². The zero-order chi connectivity index (χ0) is 20.7. The van der Waals surface area contributed by atoms with Crippen molar-refractivity contribution in [2.24, 2.45) is 0 Å². The topological polar surface area (TPSA) is 97.4 Å². The Hall–Kier alpha value is -3.23. The molecule has 1 saturated heterocycles. The highest BCUT2D eigenvalue weighted by molar-refractivity contribution is 5.99. The highest BCUT2D eigenvalue weighted by Crippen LogP contribution is 2.31. The molecule has 1 heterocycles. The van der Waals surface area contributed by atoms with Gasteiger partial charge in [-0.15, -0.1) is 0 Å². The molecule has 1 amide bonds. The van der Waals surface area contributed by atoms with Gasteiger partial charge in [0.2, 0.25) is 5.91 Å². The van der Waals surface area contributed by atoms with Gasteiger partial charge in [-0.25, -0.2) is 9.59 Å². The lowest BCUT2D eigenvalue weighted by Crippen LogP contribution is -2.48. The first-order valence-corrected chi connectivity index (χ1v) is 8.73. The SMILES string of the molecule is COC(=O)/C=C(/Nc1ccc(N2CCN(C(C)=O)CC2)cc1OC)C(=O)OC. The van der Waals surface area contributed by atoms with E-state index in [0.29, 0.717) is 37.6 Å². The van der Waals surface area contributed by atoms with Crippen LogP contribution in [0.15, 0.2) is 30.0 Å². The van der Waals surface area contributed by atoms with Crippen LogP contribution in [-0.4, -0.2) is 70.3 Å². The molecular weight excluding hydrogens is 366 g/mol. The third kappa shape index (κ3) is 5.15. The lowest BCUT2D eigenvalue weighted by Gasteiger charge is -2.35. The van der Waals surface area contributed by atoms with Gasteiger partial charge in [0.1, 0.15) is 11.4 Å². The number of rotatable bonds is 6. The summed E-state index contributed by atoms with van der Waals surface area (Å²) in [6, 6.07) is 5.46. The molecule has 9 nitrogen and oxygen atoms in total. The van der Waals surface area contributed by atoms with E-state index in [9.17, 15) is 14.4 Å². The van der Waals surface area contributed by atoms with Crippen LogP contribution in [0.1, 0.15) is 6.92 Å². The second-order valence-corrected chi connectivity index (χ2v) is 6.08. The normalized spacial score (nSPS) is 14.4. The van der Waals surface area contributed by atoms with Crippen molar-refractivity contribution in [2.75, 3.05) is 57.7 Å². The zero-order valence-corrected chi connectivity index (χ0v) is 16.5. The molecule has 2 rings (SSSR count). The third-order valence-corrected chi connectivity index (χ3v) is 4.41. The maximum absolute atomic E-state index is 11.9. The Morgan fingerprint density at radius 1 is 1.04 bits per heavy atom. The summed E-state index contributed by atoms with van der Waals surface area (Å²) in [6.07, 6.45) is 1.01. The summed E-state index contributed by atoms with van der Waals surface area (Å²) in [7, 11) is 3.95. The van der Waals surface area contributed by atoms with Gasteiger partial charge in [-0.05, 0) is 12.1 Å². The van der Waals surface area contributed by atoms with E-state index in [1.54, 1.807) is 13.0 Å². The van der Waals surface area contributed by atoms with E-state index in [1.165, 1.54) is 21.3 Å². The van der Waals surface area contributed by atoms with E-state index in [0.717, 1.165) is 11.8 Å². The van der Waals surface area contributed by atoms with Crippen LogP contribution in [0, 0.1) is 0 Å². The van der Waals surface area contributed by atoms with Crippen LogP contribution >= 0.6 is 0 Å². The van der Waals surface area contributed by atoms with Crippen LogP contribution < -0.4 is 15.0 Å². The van der Waals surface area contributed by atoms with E-state index in [1.807, 2.05) is 17.0 Å². The molecule has 1 aromatic carbocycles. The molecule has 28 heavy (non-hydrogen) atoms. The first kappa shape index (κ1) is 21.1. The van der Waals surface area contributed by atoms with Gasteiger partial charge in [0.05, 0.1) is 33.1 Å². The second kappa shape index (κ2) is 9.63. The largest absolute Gasteiger partial charge is 0.494 e. The van der Waals surface area contributed by atoms with Gasteiger partial charge in [0.25, 0.3) is 0 Å². The van der Waals surface area contributed by atoms with E-state index >= 15 is 0 Å². The highest BCUT2D eigenvalue weighted by atomic mass is 16.5. The molecule has 0 radical (unpaired) electrons. The molecule has 0 aliphatic carbocycles. The van der Waals surface area contributed by atoms with E-state index in [4.69, 9.17) is 9.47 Å². The number of nitrogens with one attached hydrogen (secondary N) is 1. The summed E-state index contributed by atoms with van der Waals surface area (Å²) in [5, 5.41) is 2.86. The number of amides is 1. The van der Waals surface area contributed by atoms with E-state index in [2.05, 4.69) is 15.0 Å². The number of benzene rings is 1. The molecule has 1 aliphatic heterocycles. The van der Waals surface area contributed by atoms with Gasteiger partial charge in [-0.1, -0.05) is 0 Å². The van der Waals surface area contributed by atoms with Crippen molar-refractivity contribution in [3.8, 4) is 5.75 Å². The first-order chi connectivity index (χ1) is 13.4. The first-order valence-electron chi connectivity index (χ1n) is 8.73. The number of nitrogens with zero attached hydrogens (tertiary/aromatic N) is 2. The van der Waals surface area contributed by atoms with Crippen molar-refractivity contribution in [1.82, 2.24) is 4.90 Å². The van der Waals surface area contributed by atoms with Crippen molar-refractivity contribution in [3.05, 3.63) is 30.0 Å². The summed E-state index contributed by atoms with van der Waals surface area (Å²) in [4.78, 5) is 38.9. The molecule has 1 aliphatic rings. The fraction of sp³-hybridized carbons (Fsp3) is 0.421. The summed E-state index contributed by atoms with van der Waals surface area (Å²) >= 11 is 0. The van der Waals surface area contributed by atoms with Crippen molar-refractivity contribution in [1.29, 1.82) is 0 Å². The average Bonchev–Trinajstić information content (AvgIpc) is 2.72. The molecule has 1 N–H and O–H groups in total. The highest BCUT2D eigenvalue weighted by Gasteiger charge is 2.20. The zero-order valence-electron chi connectivity index (χ0n) is 16.5. The number of piperazine rings is 1. The molecule has 1 fully saturated rings. The summed E-state index contributed by atoms with van der Waals surface area (Å²) in [5.41, 5.74) is 1.35. The van der Waals surface area contributed by atoms with Gasteiger partial charge in [-0.3, -0.25) is 4.79 Å². The Morgan fingerprint density at radius 2 is 1.71 bits per heavy atom. The third-order valence-electron chi connectivity index (χ3n) is 4.41. The summed E-state index contributed by atoms with van der Waals surface area (Å²) < 4.78 is 14.7. The number of hydrogen-bond acceptors (Lipinski definition) is 8. The van der Waals surface area contributed by atoms with Gasteiger partial charge < -0.3 is 29.3 Å². The van der Waals surface area contributed by atoms with Crippen LogP contribution in [0.3, 0.4) is 0 Å². The molecule has 0 atom stereocenters. The average molecular weight is 391 g/mol. The number of carbonyl (C=O) groups is 3. The maximum atomic E-state index is 11.9. The second-order valence-electron chi connectivity index (χ2n) is 6.08. The quantitative estimate of drug-likeness (QED) is 0.567. The standard InChI is InChI=1S/C19H25N3O6/c1-13(23)21-7-9-22(10-8-21)14-5-6-15(17(11-14)26-2)20-16(19(25)28-4)12-18(24)27-3/h5-6,11-12,20H,7-10H2,1-4H3/b16-12+. The van der Waals surface area contributed by atoms with Crippen LogP contribution in [0.5, 0.6) is 5.75 Å². The minimum atomic E-state index is -0.711. The Bertz CT molecular complexity index is 769. The monoisotopic (exact) mass is 391 g/mol. The number of anilines is 2. The lowest BCUT2D eigenvalue weighted by atomic mass is 10.2. The molecule has 0 aromatic heterocycles. The molecule has 9 heteroatoms. The fourth-order valence-corrected chi connectivity index (χ4v) is 2.84. The molecule has 0 unspecified atom stereocenters. The minimum Gasteiger partial charge on any atom is -0.494 e. The van der Waals surface area contributed by atoms with Crippen molar-refractivity contribution < 1.29 is 28.6 Å². The molecule has 0 bridgehead atoms.